The van der Waals surface area contributed by atoms with Gasteiger partial charge in [-0.25, -0.2) is 18.1 Å². The van der Waals surface area contributed by atoms with Crippen molar-refractivity contribution >= 4 is 26.0 Å². The predicted molar refractivity (Wildman–Crippen MR) is 66.1 cm³/mol. The van der Waals surface area contributed by atoms with Crippen molar-refractivity contribution < 1.29 is 8.42 Å². The highest BCUT2D eigenvalue weighted by molar-refractivity contribution is 9.09. The van der Waals surface area contributed by atoms with Crippen molar-refractivity contribution in [2.24, 2.45) is 0 Å². The Morgan fingerprint density at radius 1 is 1.62 bits per heavy atom. The summed E-state index contributed by atoms with van der Waals surface area (Å²) < 4.78 is 28.0. The van der Waals surface area contributed by atoms with Gasteiger partial charge in [0, 0.05) is 24.1 Å². The van der Waals surface area contributed by atoms with Gasteiger partial charge in [-0.2, -0.15) is 0 Å². The smallest absolute Gasteiger partial charge is 0.259 e. The molecule has 0 fully saturated rings. The first-order valence-corrected chi connectivity index (χ1v) is 7.70. The van der Waals surface area contributed by atoms with Crippen LogP contribution in [0, 0.1) is 0 Å². The van der Waals surface area contributed by atoms with Crippen molar-refractivity contribution in [3.05, 3.63) is 12.5 Å². The van der Waals surface area contributed by atoms with Gasteiger partial charge in [0.05, 0.1) is 6.33 Å². The van der Waals surface area contributed by atoms with Crippen molar-refractivity contribution in [3.63, 3.8) is 0 Å². The van der Waals surface area contributed by atoms with Crippen LogP contribution in [0.4, 0.5) is 0 Å². The minimum Gasteiger partial charge on any atom is -0.336 e. The fourth-order valence-electron chi connectivity index (χ4n) is 1.20. The van der Waals surface area contributed by atoms with Gasteiger partial charge in [-0.3, -0.25) is 0 Å². The minimum atomic E-state index is -3.47. The number of aryl methyl sites for hydroxylation is 1. The van der Waals surface area contributed by atoms with Crippen LogP contribution in [0.2, 0.25) is 0 Å². The lowest BCUT2D eigenvalue weighted by Gasteiger charge is -2.10. The average molecular weight is 310 g/mol. The molecular formula is C9H16BrN3O2S. The molecule has 0 aliphatic carbocycles. The van der Waals surface area contributed by atoms with E-state index in [-0.39, 0.29) is 11.1 Å². The molecule has 0 aliphatic heterocycles. The molecule has 0 saturated heterocycles. The Morgan fingerprint density at radius 3 is 2.81 bits per heavy atom. The Labute approximate surface area is 104 Å². The highest BCUT2D eigenvalue weighted by Gasteiger charge is 2.19. The zero-order valence-electron chi connectivity index (χ0n) is 9.35. The van der Waals surface area contributed by atoms with E-state index < -0.39 is 10.0 Å². The molecule has 1 rings (SSSR count). The molecule has 16 heavy (non-hydrogen) atoms. The first-order chi connectivity index (χ1) is 7.49. The maximum Gasteiger partial charge on any atom is 0.259 e. The number of hydrogen-bond donors (Lipinski definition) is 1. The lowest BCUT2D eigenvalue weighted by atomic mass is 10.3. The molecule has 0 aliphatic rings. The predicted octanol–water partition coefficient (Wildman–Crippen LogP) is 1.35. The van der Waals surface area contributed by atoms with Gasteiger partial charge >= 0.3 is 0 Å². The summed E-state index contributed by atoms with van der Waals surface area (Å²) in [5.74, 6) is 0. The van der Waals surface area contributed by atoms with Crippen LogP contribution in [0.25, 0.3) is 0 Å². The van der Waals surface area contributed by atoms with Crippen LogP contribution in [0.15, 0.2) is 17.6 Å². The molecule has 1 heterocycles. The first-order valence-electron chi connectivity index (χ1n) is 5.09. The highest BCUT2D eigenvalue weighted by atomic mass is 79.9. The molecule has 92 valence electrons. The summed E-state index contributed by atoms with van der Waals surface area (Å²) in [6.07, 6.45) is 3.79. The standard InChI is InChI=1S/C9H16BrN3O2S/c1-3-13-6-9(11-7-13)16(14,15)12-8(2)4-5-10/h6-8,12H,3-5H2,1-2H3. The number of aromatic nitrogens is 2. The summed E-state index contributed by atoms with van der Waals surface area (Å²) in [6, 6.07) is -0.101. The van der Waals surface area contributed by atoms with Crippen LogP contribution in [-0.4, -0.2) is 29.3 Å². The number of rotatable bonds is 6. The molecule has 1 unspecified atom stereocenters. The summed E-state index contributed by atoms with van der Waals surface area (Å²) in [5, 5.41) is 0.843. The largest absolute Gasteiger partial charge is 0.336 e. The first kappa shape index (κ1) is 13.7. The minimum absolute atomic E-state index is 0.0794. The molecule has 1 aromatic heterocycles. The van der Waals surface area contributed by atoms with Gasteiger partial charge in [0.25, 0.3) is 10.0 Å². The molecule has 7 heteroatoms. The molecule has 5 nitrogen and oxygen atoms in total. The van der Waals surface area contributed by atoms with Crippen LogP contribution in [0.3, 0.4) is 0 Å². The maximum atomic E-state index is 11.8. The fraction of sp³-hybridized carbons (Fsp3) is 0.667. The second-order valence-electron chi connectivity index (χ2n) is 3.54. The van der Waals surface area contributed by atoms with Gasteiger partial charge in [-0.05, 0) is 20.3 Å². The molecule has 0 radical (unpaired) electrons. The Morgan fingerprint density at radius 2 is 2.31 bits per heavy atom. The zero-order valence-corrected chi connectivity index (χ0v) is 11.8. The van der Waals surface area contributed by atoms with E-state index in [1.807, 2.05) is 13.8 Å². The van der Waals surface area contributed by atoms with Crippen molar-refractivity contribution in [2.45, 2.75) is 37.9 Å². The lowest BCUT2D eigenvalue weighted by Crippen LogP contribution is -2.33. The van der Waals surface area contributed by atoms with E-state index in [1.165, 1.54) is 12.5 Å². The van der Waals surface area contributed by atoms with Crippen LogP contribution in [0.1, 0.15) is 20.3 Å². The quantitative estimate of drug-likeness (QED) is 0.807. The molecule has 0 amide bonds. The molecular weight excluding hydrogens is 294 g/mol. The van der Waals surface area contributed by atoms with Gasteiger partial charge < -0.3 is 4.57 Å². The number of nitrogens with one attached hydrogen (secondary N) is 1. The third kappa shape index (κ3) is 3.57. The monoisotopic (exact) mass is 309 g/mol. The third-order valence-electron chi connectivity index (χ3n) is 2.15. The fourth-order valence-corrected chi connectivity index (χ4v) is 3.11. The van der Waals surface area contributed by atoms with E-state index >= 15 is 0 Å². The summed E-state index contributed by atoms with van der Waals surface area (Å²) in [4.78, 5) is 3.87. The summed E-state index contributed by atoms with van der Waals surface area (Å²) in [5.41, 5.74) is 0. The number of hydrogen-bond acceptors (Lipinski definition) is 3. The van der Waals surface area contributed by atoms with Crippen LogP contribution < -0.4 is 4.72 Å². The summed E-state index contributed by atoms with van der Waals surface area (Å²) in [6.45, 7) is 4.47. The second kappa shape index (κ2) is 5.79. The SMILES string of the molecule is CCn1cnc(S(=O)(=O)NC(C)CCBr)c1. The van der Waals surface area contributed by atoms with E-state index in [4.69, 9.17) is 0 Å². The van der Waals surface area contributed by atoms with E-state index in [0.717, 1.165) is 11.8 Å². The summed E-state index contributed by atoms with van der Waals surface area (Å²) in [7, 11) is -3.47. The molecule has 1 N–H and O–H groups in total. The van der Waals surface area contributed by atoms with Crippen LogP contribution in [-0.2, 0) is 16.6 Å². The van der Waals surface area contributed by atoms with Gasteiger partial charge in [-0.1, -0.05) is 15.9 Å². The van der Waals surface area contributed by atoms with E-state index in [2.05, 4.69) is 25.6 Å². The Kier molecular flexibility index (Phi) is 4.94. The Bertz CT molecular complexity index is 430. The van der Waals surface area contributed by atoms with Gasteiger partial charge in [0.2, 0.25) is 0 Å². The van der Waals surface area contributed by atoms with Crippen molar-refractivity contribution in [2.75, 3.05) is 5.33 Å². The number of halogens is 1. The Hall–Kier alpha value is -0.400. The molecule has 0 bridgehead atoms. The number of imidazole rings is 1. The van der Waals surface area contributed by atoms with Gasteiger partial charge in [-0.15, -0.1) is 0 Å². The lowest BCUT2D eigenvalue weighted by molar-refractivity contribution is 0.554. The van der Waals surface area contributed by atoms with Crippen molar-refractivity contribution in [1.82, 2.24) is 14.3 Å². The molecule has 0 saturated carbocycles. The van der Waals surface area contributed by atoms with E-state index in [0.29, 0.717) is 6.54 Å². The number of nitrogens with zero attached hydrogens (tertiary/aromatic N) is 2. The topological polar surface area (TPSA) is 64.0 Å². The number of alkyl halides is 1. The number of sulfonamides is 1. The van der Waals surface area contributed by atoms with E-state index in [1.54, 1.807) is 4.57 Å². The maximum absolute atomic E-state index is 11.8. The molecule has 1 aromatic rings. The van der Waals surface area contributed by atoms with E-state index in [9.17, 15) is 8.42 Å². The van der Waals surface area contributed by atoms with Crippen LogP contribution in [0.5, 0.6) is 0 Å². The third-order valence-corrected chi connectivity index (χ3v) is 4.08. The normalized spacial score (nSPS) is 13.9. The highest BCUT2D eigenvalue weighted by Crippen LogP contribution is 2.07. The average Bonchev–Trinajstić information content (AvgIpc) is 2.65. The van der Waals surface area contributed by atoms with Crippen molar-refractivity contribution in [3.8, 4) is 0 Å². The Balaban J connectivity index is 2.77. The molecule has 0 aromatic carbocycles. The van der Waals surface area contributed by atoms with Crippen LogP contribution >= 0.6 is 15.9 Å². The van der Waals surface area contributed by atoms with Gasteiger partial charge in [0.1, 0.15) is 0 Å². The zero-order chi connectivity index (χ0) is 12.2. The molecule has 1 atom stereocenters. The molecule has 0 spiro atoms. The summed E-state index contributed by atoms with van der Waals surface area (Å²) >= 11 is 3.27. The van der Waals surface area contributed by atoms with Crippen molar-refractivity contribution in [1.29, 1.82) is 0 Å². The van der Waals surface area contributed by atoms with Gasteiger partial charge in [0.15, 0.2) is 5.03 Å². The second-order valence-corrected chi connectivity index (χ2v) is 6.00.